The number of aryl methyl sites for hydroxylation is 1. The van der Waals surface area contributed by atoms with Crippen LogP contribution >= 0.6 is 0 Å². The van der Waals surface area contributed by atoms with Crippen LogP contribution in [0.5, 0.6) is 11.5 Å². The van der Waals surface area contributed by atoms with Crippen molar-refractivity contribution < 1.29 is 19.7 Å². The molecule has 6 N–H and O–H groups in total. The van der Waals surface area contributed by atoms with Crippen molar-refractivity contribution >= 4 is 11.7 Å². The van der Waals surface area contributed by atoms with Crippen molar-refractivity contribution in [3.63, 3.8) is 0 Å². The van der Waals surface area contributed by atoms with Gasteiger partial charge in [-0.1, -0.05) is 12.1 Å². The smallest absolute Gasteiger partial charge is 0.337 e. The third kappa shape index (κ3) is 3.71. The first-order valence-corrected chi connectivity index (χ1v) is 11.9. The number of aromatic hydroxyl groups is 1. The molecule has 196 valence electrons. The SMILES string of the molecule is Cc1cccc(-n2c(N)c(C3c4c(C)c(O)c(C)c(C(N)=O)c4OC3(C)C)c(=O)n(CCO)c2=O)c1C. The number of anilines is 1. The number of primary amides is 1. The van der Waals surface area contributed by atoms with Gasteiger partial charge in [0.15, 0.2) is 0 Å². The molecule has 1 atom stereocenters. The standard InChI is InChI=1S/C27H32N4O6/c1-12-8-7-9-16(13(12)2)31-23(28)19(25(35)30(10-11-32)26(31)36)20-17-14(3)21(33)15(4)18(24(29)34)22(17)37-27(20,5)6/h7-9,20,32-33H,10-11,28H2,1-6H3,(H2,29,34). The molecule has 0 saturated heterocycles. The number of phenolic OH excluding ortho intramolecular Hbond substituents is 1. The normalized spacial score (nSPS) is 15.9. The van der Waals surface area contributed by atoms with E-state index in [2.05, 4.69) is 0 Å². The number of rotatable bonds is 5. The number of nitrogen functional groups attached to an aromatic ring is 1. The Morgan fingerprint density at radius 2 is 1.73 bits per heavy atom. The molecular weight excluding hydrogens is 476 g/mol. The van der Waals surface area contributed by atoms with Crippen molar-refractivity contribution in [1.29, 1.82) is 0 Å². The molecule has 4 rings (SSSR count). The minimum atomic E-state index is -1.12. The third-order valence-corrected chi connectivity index (χ3v) is 7.40. The molecule has 1 aliphatic rings. The number of aliphatic hydroxyl groups excluding tert-OH is 1. The number of amides is 1. The number of aliphatic hydroxyl groups is 1. The molecule has 2 heterocycles. The van der Waals surface area contributed by atoms with Crippen LogP contribution in [0.4, 0.5) is 5.82 Å². The molecule has 0 spiro atoms. The Hall–Kier alpha value is -4.05. The fourth-order valence-corrected chi connectivity index (χ4v) is 5.38. The Bertz CT molecular complexity index is 1580. The van der Waals surface area contributed by atoms with E-state index in [1.165, 1.54) is 4.57 Å². The number of carbonyl (C=O) groups excluding carboxylic acids is 1. The predicted molar refractivity (Wildman–Crippen MR) is 140 cm³/mol. The van der Waals surface area contributed by atoms with E-state index in [9.17, 15) is 24.6 Å². The lowest BCUT2D eigenvalue weighted by Crippen LogP contribution is -2.46. The summed E-state index contributed by atoms with van der Waals surface area (Å²) in [7, 11) is 0. The van der Waals surface area contributed by atoms with Crippen LogP contribution in [-0.4, -0.2) is 37.5 Å². The van der Waals surface area contributed by atoms with Gasteiger partial charge in [-0.05, 0) is 64.3 Å². The summed E-state index contributed by atoms with van der Waals surface area (Å²) in [5.74, 6) is -1.72. The van der Waals surface area contributed by atoms with E-state index < -0.39 is 35.3 Å². The summed E-state index contributed by atoms with van der Waals surface area (Å²) in [6, 6.07) is 5.41. The molecule has 1 amide bonds. The molecule has 0 radical (unpaired) electrons. The molecule has 1 aliphatic heterocycles. The molecule has 1 aromatic heterocycles. The molecule has 0 saturated carbocycles. The quantitative estimate of drug-likeness (QED) is 0.409. The van der Waals surface area contributed by atoms with Gasteiger partial charge in [-0.3, -0.25) is 14.2 Å². The highest BCUT2D eigenvalue weighted by atomic mass is 16.5. The predicted octanol–water partition coefficient (Wildman–Crippen LogP) is 1.91. The number of nitrogens with two attached hydrogens (primary N) is 2. The van der Waals surface area contributed by atoms with Crippen LogP contribution in [0.15, 0.2) is 27.8 Å². The lowest BCUT2D eigenvalue weighted by Gasteiger charge is -2.29. The van der Waals surface area contributed by atoms with Gasteiger partial charge in [-0.15, -0.1) is 0 Å². The molecule has 0 fully saturated rings. The largest absolute Gasteiger partial charge is 0.507 e. The maximum Gasteiger partial charge on any atom is 0.337 e. The highest BCUT2D eigenvalue weighted by Crippen LogP contribution is 2.54. The fraction of sp³-hybridized carbons (Fsp3) is 0.370. The lowest BCUT2D eigenvalue weighted by atomic mass is 9.78. The minimum absolute atomic E-state index is 0.0192. The number of phenols is 1. The molecule has 10 heteroatoms. The Kier molecular flexibility index (Phi) is 6.19. The third-order valence-electron chi connectivity index (χ3n) is 7.40. The topological polar surface area (TPSA) is 163 Å². The van der Waals surface area contributed by atoms with Crippen molar-refractivity contribution in [2.24, 2.45) is 5.73 Å². The number of fused-ring (bicyclic) bond motifs is 1. The van der Waals surface area contributed by atoms with Crippen LogP contribution in [0.2, 0.25) is 0 Å². The molecule has 10 nitrogen and oxygen atoms in total. The van der Waals surface area contributed by atoms with E-state index >= 15 is 0 Å². The average Bonchev–Trinajstić information content (AvgIpc) is 3.08. The summed E-state index contributed by atoms with van der Waals surface area (Å²) in [5.41, 5.74) is 13.2. The summed E-state index contributed by atoms with van der Waals surface area (Å²) in [5, 5.41) is 20.6. The number of aromatic nitrogens is 2. The number of carbonyl (C=O) groups is 1. The first-order valence-electron chi connectivity index (χ1n) is 11.9. The van der Waals surface area contributed by atoms with Crippen LogP contribution < -0.4 is 27.5 Å². The van der Waals surface area contributed by atoms with Gasteiger partial charge in [-0.25, -0.2) is 9.36 Å². The number of hydrogen-bond donors (Lipinski definition) is 4. The van der Waals surface area contributed by atoms with Gasteiger partial charge < -0.3 is 26.4 Å². The zero-order chi connectivity index (χ0) is 27.6. The van der Waals surface area contributed by atoms with Crippen molar-refractivity contribution in [3.8, 4) is 17.2 Å². The number of nitrogens with zero attached hydrogens (tertiary/aromatic N) is 2. The lowest BCUT2D eigenvalue weighted by molar-refractivity contribution is 0.0976. The van der Waals surface area contributed by atoms with Gasteiger partial charge in [-0.2, -0.15) is 0 Å². The van der Waals surface area contributed by atoms with Crippen LogP contribution in [-0.2, 0) is 6.54 Å². The Balaban J connectivity index is 2.19. The molecule has 2 aromatic carbocycles. The van der Waals surface area contributed by atoms with Gasteiger partial charge in [0.2, 0.25) is 0 Å². The second-order valence-electron chi connectivity index (χ2n) is 10.0. The monoisotopic (exact) mass is 508 g/mol. The molecule has 37 heavy (non-hydrogen) atoms. The van der Waals surface area contributed by atoms with Gasteiger partial charge in [0.1, 0.15) is 22.9 Å². The van der Waals surface area contributed by atoms with E-state index in [-0.39, 0.29) is 40.6 Å². The minimum Gasteiger partial charge on any atom is -0.507 e. The van der Waals surface area contributed by atoms with Crippen LogP contribution in [0.25, 0.3) is 5.69 Å². The van der Waals surface area contributed by atoms with Crippen molar-refractivity contribution in [2.45, 2.75) is 59.6 Å². The number of ether oxygens (including phenoxy) is 1. The van der Waals surface area contributed by atoms with E-state index in [0.29, 0.717) is 16.8 Å². The van der Waals surface area contributed by atoms with Gasteiger partial charge in [0, 0.05) is 11.1 Å². The summed E-state index contributed by atoms with van der Waals surface area (Å²) >= 11 is 0. The van der Waals surface area contributed by atoms with Crippen molar-refractivity contribution in [2.75, 3.05) is 12.3 Å². The summed E-state index contributed by atoms with van der Waals surface area (Å²) in [6.07, 6.45) is 0. The number of benzene rings is 2. The Morgan fingerprint density at radius 3 is 2.32 bits per heavy atom. The summed E-state index contributed by atoms with van der Waals surface area (Å²) in [6.45, 7) is 9.74. The second-order valence-corrected chi connectivity index (χ2v) is 10.0. The highest BCUT2D eigenvalue weighted by Gasteiger charge is 2.49. The highest BCUT2D eigenvalue weighted by molar-refractivity contribution is 5.99. The zero-order valence-electron chi connectivity index (χ0n) is 21.8. The fourth-order valence-electron chi connectivity index (χ4n) is 5.38. The molecule has 3 aromatic rings. The Labute approximate surface area is 213 Å². The molecule has 1 unspecified atom stereocenters. The summed E-state index contributed by atoms with van der Waals surface area (Å²) < 4.78 is 8.46. The van der Waals surface area contributed by atoms with Crippen LogP contribution in [0.3, 0.4) is 0 Å². The Morgan fingerprint density at radius 1 is 1.08 bits per heavy atom. The van der Waals surface area contributed by atoms with Gasteiger partial charge in [0.05, 0.1) is 35.9 Å². The molecular formula is C27H32N4O6. The maximum atomic E-state index is 13.9. The van der Waals surface area contributed by atoms with E-state index in [4.69, 9.17) is 16.2 Å². The molecule has 0 aliphatic carbocycles. The summed E-state index contributed by atoms with van der Waals surface area (Å²) in [4.78, 5) is 39.8. The number of hydrogen-bond acceptors (Lipinski definition) is 7. The first-order chi connectivity index (χ1) is 17.3. The van der Waals surface area contributed by atoms with Gasteiger partial charge in [0.25, 0.3) is 11.5 Å². The maximum absolute atomic E-state index is 13.9. The van der Waals surface area contributed by atoms with Crippen molar-refractivity contribution in [1.82, 2.24) is 9.13 Å². The second kappa shape index (κ2) is 8.81. The van der Waals surface area contributed by atoms with Gasteiger partial charge >= 0.3 is 5.69 Å². The van der Waals surface area contributed by atoms with Crippen LogP contribution in [0, 0.1) is 27.7 Å². The molecule has 0 bridgehead atoms. The van der Waals surface area contributed by atoms with E-state index in [1.807, 2.05) is 19.9 Å². The first kappa shape index (κ1) is 26.0. The van der Waals surface area contributed by atoms with Crippen LogP contribution in [0.1, 0.15) is 63.5 Å². The average molecular weight is 509 g/mol. The van der Waals surface area contributed by atoms with Crippen molar-refractivity contribution in [3.05, 3.63) is 78.0 Å². The van der Waals surface area contributed by atoms with E-state index in [0.717, 1.165) is 15.7 Å². The zero-order valence-corrected chi connectivity index (χ0v) is 21.8. The van der Waals surface area contributed by atoms with E-state index in [1.54, 1.807) is 39.8 Å².